The minimum absolute atomic E-state index is 0.0107. The molecule has 0 bridgehead atoms. The highest BCUT2D eigenvalue weighted by Crippen LogP contribution is 2.16. The van der Waals surface area contributed by atoms with Crippen molar-refractivity contribution in [2.24, 2.45) is 5.73 Å². The number of nitrogens with two attached hydrogens (primary N) is 1. The largest absolute Gasteiger partial charge is 0.355 e. The molecular weight excluding hydrogens is 306 g/mol. The lowest BCUT2D eigenvalue weighted by Gasteiger charge is -2.07. The van der Waals surface area contributed by atoms with Crippen LogP contribution in [0.25, 0.3) is 0 Å². The Morgan fingerprint density at radius 1 is 1.52 bits per heavy atom. The van der Waals surface area contributed by atoms with Crippen LogP contribution in [0.1, 0.15) is 10.7 Å². The summed E-state index contributed by atoms with van der Waals surface area (Å²) in [5.74, 6) is 1.17. The maximum atomic E-state index is 11.8. The second-order valence-electron chi connectivity index (χ2n) is 4.44. The van der Waals surface area contributed by atoms with Crippen molar-refractivity contribution in [1.29, 1.82) is 0 Å². The first-order valence-electron chi connectivity index (χ1n) is 6.72. The number of rotatable bonds is 8. The van der Waals surface area contributed by atoms with E-state index < -0.39 is 0 Å². The van der Waals surface area contributed by atoms with Gasteiger partial charge < -0.3 is 15.6 Å². The molecule has 2 heterocycles. The van der Waals surface area contributed by atoms with Crippen LogP contribution in [0, 0.1) is 6.92 Å². The topological polar surface area (TPSA) is 85.8 Å². The number of hydrogen-bond donors (Lipinski definition) is 2. The molecule has 2 rings (SSSR count). The fourth-order valence-corrected chi connectivity index (χ4v) is 3.36. The van der Waals surface area contributed by atoms with Crippen molar-refractivity contribution in [3.05, 3.63) is 28.2 Å². The van der Waals surface area contributed by atoms with Crippen LogP contribution in [0.3, 0.4) is 0 Å². The maximum Gasteiger partial charge on any atom is 0.230 e. The molecule has 0 aromatic carbocycles. The minimum atomic E-state index is 0.0107. The SMILES string of the molecule is Cc1nnc(SCC(=O)NCCc2cccs2)n1CCN. The molecule has 1 amide bonds. The Labute approximate surface area is 132 Å². The average molecular weight is 325 g/mol. The van der Waals surface area contributed by atoms with Crippen molar-refractivity contribution < 1.29 is 4.79 Å². The van der Waals surface area contributed by atoms with E-state index in [1.54, 1.807) is 11.3 Å². The molecule has 0 aliphatic carbocycles. The highest BCUT2D eigenvalue weighted by molar-refractivity contribution is 7.99. The zero-order chi connectivity index (χ0) is 15.1. The average Bonchev–Trinajstić information content (AvgIpc) is 3.09. The molecular formula is C13H19N5OS2. The monoisotopic (exact) mass is 325 g/mol. The molecule has 0 unspecified atom stereocenters. The summed E-state index contributed by atoms with van der Waals surface area (Å²) >= 11 is 3.09. The van der Waals surface area contributed by atoms with Gasteiger partial charge in [-0.3, -0.25) is 4.79 Å². The molecule has 21 heavy (non-hydrogen) atoms. The predicted octanol–water partition coefficient (Wildman–Crippen LogP) is 1.06. The van der Waals surface area contributed by atoms with Crippen LogP contribution in [0.2, 0.25) is 0 Å². The van der Waals surface area contributed by atoms with Gasteiger partial charge in [0.25, 0.3) is 0 Å². The molecule has 2 aromatic rings. The fraction of sp³-hybridized carbons (Fsp3) is 0.462. The lowest BCUT2D eigenvalue weighted by atomic mass is 10.3. The molecule has 114 valence electrons. The lowest BCUT2D eigenvalue weighted by molar-refractivity contribution is -0.118. The van der Waals surface area contributed by atoms with Gasteiger partial charge in [-0.15, -0.1) is 21.5 Å². The van der Waals surface area contributed by atoms with Crippen LogP contribution in [0.5, 0.6) is 0 Å². The van der Waals surface area contributed by atoms with Crippen LogP contribution >= 0.6 is 23.1 Å². The fourth-order valence-electron chi connectivity index (χ4n) is 1.82. The first kappa shape index (κ1) is 16.0. The summed E-state index contributed by atoms with van der Waals surface area (Å²) < 4.78 is 1.93. The first-order valence-corrected chi connectivity index (χ1v) is 8.59. The number of thiophene rings is 1. The quantitative estimate of drug-likeness (QED) is 0.709. The minimum Gasteiger partial charge on any atom is -0.355 e. The molecule has 0 atom stereocenters. The summed E-state index contributed by atoms with van der Waals surface area (Å²) in [6, 6.07) is 4.09. The maximum absolute atomic E-state index is 11.8. The number of thioether (sulfide) groups is 1. The number of carbonyl (C=O) groups excluding carboxylic acids is 1. The smallest absolute Gasteiger partial charge is 0.230 e. The molecule has 6 nitrogen and oxygen atoms in total. The summed E-state index contributed by atoms with van der Waals surface area (Å²) in [5, 5.41) is 13.8. The Balaban J connectivity index is 1.73. The zero-order valence-electron chi connectivity index (χ0n) is 11.9. The Kier molecular flexibility index (Phi) is 6.21. The second-order valence-corrected chi connectivity index (χ2v) is 6.41. The summed E-state index contributed by atoms with van der Waals surface area (Å²) in [6.07, 6.45) is 0.872. The van der Waals surface area contributed by atoms with E-state index in [1.165, 1.54) is 16.6 Å². The Bertz CT molecular complexity index is 567. The van der Waals surface area contributed by atoms with Gasteiger partial charge in [0.2, 0.25) is 5.91 Å². The van der Waals surface area contributed by atoms with E-state index in [2.05, 4.69) is 21.6 Å². The first-order chi connectivity index (χ1) is 10.2. The van der Waals surface area contributed by atoms with Crippen molar-refractivity contribution >= 4 is 29.0 Å². The Morgan fingerprint density at radius 3 is 3.10 bits per heavy atom. The van der Waals surface area contributed by atoms with E-state index in [0.29, 0.717) is 25.4 Å². The van der Waals surface area contributed by atoms with E-state index in [9.17, 15) is 4.79 Å². The van der Waals surface area contributed by atoms with Gasteiger partial charge in [0, 0.05) is 24.5 Å². The van der Waals surface area contributed by atoms with E-state index in [-0.39, 0.29) is 5.91 Å². The normalized spacial score (nSPS) is 10.8. The van der Waals surface area contributed by atoms with Gasteiger partial charge in [-0.25, -0.2) is 0 Å². The van der Waals surface area contributed by atoms with Gasteiger partial charge in [-0.05, 0) is 24.8 Å². The number of aromatic nitrogens is 3. The van der Waals surface area contributed by atoms with Crippen LogP contribution < -0.4 is 11.1 Å². The third-order valence-electron chi connectivity index (χ3n) is 2.86. The number of nitrogens with one attached hydrogen (secondary N) is 1. The van der Waals surface area contributed by atoms with Gasteiger partial charge in [0.15, 0.2) is 5.16 Å². The molecule has 8 heteroatoms. The summed E-state index contributed by atoms with van der Waals surface area (Å²) in [6.45, 7) is 3.74. The molecule has 0 aliphatic rings. The third kappa shape index (κ3) is 4.83. The van der Waals surface area contributed by atoms with Gasteiger partial charge in [0.1, 0.15) is 5.82 Å². The van der Waals surface area contributed by atoms with Crippen LogP contribution in [0.15, 0.2) is 22.7 Å². The van der Waals surface area contributed by atoms with E-state index in [1.807, 2.05) is 22.9 Å². The lowest BCUT2D eigenvalue weighted by Crippen LogP contribution is -2.27. The van der Waals surface area contributed by atoms with Crippen molar-refractivity contribution in [1.82, 2.24) is 20.1 Å². The van der Waals surface area contributed by atoms with Crippen LogP contribution in [-0.4, -0.2) is 39.5 Å². The van der Waals surface area contributed by atoms with Crippen molar-refractivity contribution in [3.8, 4) is 0 Å². The van der Waals surface area contributed by atoms with Crippen LogP contribution in [0.4, 0.5) is 0 Å². The second kappa shape index (κ2) is 8.16. The molecule has 0 radical (unpaired) electrons. The summed E-state index contributed by atoms with van der Waals surface area (Å²) in [4.78, 5) is 13.1. The van der Waals surface area contributed by atoms with Crippen molar-refractivity contribution in [3.63, 3.8) is 0 Å². The highest BCUT2D eigenvalue weighted by atomic mass is 32.2. The summed E-state index contributed by atoms with van der Waals surface area (Å²) in [7, 11) is 0. The van der Waals surface area contributed by atoms with Gasteiger partial charge in [-0.1, -0.05) is 17.8 Å². The standard InChI is InChI=1S/C13H19N5OS2/c1-10-16-17-13(18(10)7-5-14)21-9-12(19)15-6-4-11-3-2-8-20-11/h2-3,8H,4-7,9,14H2,1H3,(H,15,19). The molecule has 0 saturated carbocycles. The van der Waals surface area contributed by atoms with E-state index >= 15 is 0 Å². The van der Waals surface area contributed by atoms with Gasteiger partial charge in [-0.2, -0.15) is 0 Å². The molecule has 0 aliphatic heterocycles. The zero-order valence-corrected chi connectivity index (χ0v) is 13.5. The number of hydrogen-bond acceptors (Lipinski definition) is 6. The van der Waals surface area contributed by atoms with Crippen LogP contribution in [-0.2, 0) is 17.8 Å². The molecule has 3 N–H and O–H groups in total. The Hall–Kier alpha value is -1.38. The van der Waals surface area contributed by atoms with E-state index in [4.69, 9.17) is 5.73 Å². The van der Waals surface area contributed by atoms with Gasteiger partial charge >= 0.3 is 0 Å². The highest BCUT2D eigenvalue weighted by Gasteiger charge is 2.11. The molecule has 0 spiro atoms. The number of aryl methyl sites for hydroxylation is 1. The Morgan fingerprint density at radius 2 is 2.38 bits per heavy atom. The number of amides is 1. The predicted molar refractivity (Wildman–Crippen MR) is 85.6 cm³/mol. The summed E-state index contributed by atoms with van der Waals surface area (Å²) in [5.41, 5.74) is 5.56. The molecule has 0 fully saturated rings. The molecule has 2 aromatic heterocycles. The van der Waals surface area contributed by atoms with Crippen molar-refractivity contribution in [2.75, 3.05) is 18.8 Å². The van der Waals surface area contributed by atoms with Crippen molar-refractivity contribution in [2.45, 2.75) is 25.0 Å². The van der Waals surface area contributed by atoms with E-state index in [0.717, 1.165) is 17.4 Å². The third-order valence-corrected chi connectivity index (χ3v) is 4.76. The van der Waals surface area contributed by atoms with Gasteiger partial charge in [0.05, 0.1) is 5.75 Å². The molecule has 0 saturated heterocycles. The number of nitrogens with zero attached hydrogens (tertiary/aromatic N) is 3. The number of carbonyl (C=O) groups is 1.